The van der Waals surface area contributed by atoms with E-state index in [0.717, 1.165) is 24.2 Å². The molecule has 0 saturated carbocycles. The van der Waals surface area contributed by atoms with Crippen molar-refractivity contribution in [2.45, 2.75) is 26.9 Å². The van der Waals surface area contributed by atoms with Crippen molar-refractivity contribution in [3.05, 3.63) is 71.8 Å². The van der Waals surface area contributed by atoms with Gasteiger partial charge in [0.1, 0.15) is 17.0 Å². The van der Waals surface area contributed by atoms with Gasteiger partial charge >= 0.3 is 0 Å². The number of anilines is 1. The monoisotopic (exact) mass is 417 g/mol. The number of aromatic nitrogens is 3. The summed E-state index contributed by atoms with van der Waals surface area (Å²) in [5, 5.41) is 12.8. The Morgan fingerprint density at radius 3 is 2.32 bits per heavy atom. The van der Waals surface area contributed by atoms with Gasteiger partial charge in [-0.2, -0.15) is 0 Å². The smallest absolute Gasteiger partial charge is 0.253 e. The molecule has 0 saturated heterocycles. The van der Waals surface area contributed by atoms with Gasteiger partial charge in [0.25, 0.3) is 5.89 Å². The summed E-state index contributed by atoms with van der Waals surface area (Å²) in [6.45, 7) is 6.24. The molecule has 0 aliphatic carbocycles. The quantitative estimate of drug-likeness (QED) is 0.408. The van der Waals surface area contributed by atoms with Crippen molar-refractivity contribution in [1.29, 1.82) is 0 Å². The molecule has 7 heteroatoms. The molecular weight excluding hydrogens is 390 g/mol. The third-order valence-corrected chi connectivity index (χ3v) is 5.26. The molecule has 4 rings (SSSR count). The zero-order chi connectivity index (χ0) is 21.8. The minimum Gasteiger partial charge on any atom is -0.419 e. The van der Waals surface area contributed by atoms with E-state index in [0.29, 0.717) is 29.8 Å². The van der Waals surface area contributed by atoms with E-state index in [-0.39, 0.29) is 0 Å². The van der Waals surface area contributed by atoms with Gasteiger partial charge in [0.2, 0.25) is 5.89 Å². The van der Waals surface area contributed by atoms with Gasteiger partial charge in [0, 0.05) is 31.9 Å². The second kappa shape index (κ2) is 9.14. The highest BCUT2D eigenvalue weighted by atomic mass is 16.5. The van der Waals surface area contributed by atoms with E-state index in [2.05, 4.69) is 56.3 Å². The number of benzene rings is 2. The first-order valence-electron chi connectivity index (χ1n) is 10.4. The van der Waals surface area contributed by atoms with Crippen molar-refractivity contribution in [2.24, 2.45) is 0 Å². The summed E-state index contributed by atoms with van der Waals surface area (Å²) in [7, 11) is 4.09. The summed E-state index contributed by atoms with van der Waals surface area (Å²) in [6.07, 6.45) is 0. The Morgan fingerprint density at radius 2 is 1.65 bits per heavy atom. The first kappa shape index (κ1) is 20.8. The van der Waals surface area contributed by atoms with E-state index < -0.39 is 0 Å². The Balaban J connectivity index is 1.51. The molecule has 0 amide bonds. The lowest BCUT2D eigenvalue weighted by atomic mass is 10.1. The van der Waals surface area contributed by atoms with Crippen LogP contribution in [-0.2, 0) is 13.1 Å². The van der Waals surface area contributed by atoms with E-state index in [4.69, 9.17) is 8.94 Å². The van der Waals surface area contributed by atoms with E-state index in [1.54, 1.807) is 0 Å². The maximum Gasteiger partial charge on any atom is 0.253 e. The molecule has 2 heterocycles. The normalized spacial score (nSPS) is 11.3. The van der Waals surface area contributed by atoms with Gasteiger partial charge in [-0.15, -0.1) is 10.2 Å². The van der Waals surface area contributed by atoms with Crippen LogP contribution in [0.2, 0.25) is 0 Å². The Bertz CT molecular complexity index is 1120. The number of hydrogen-bond acceptors (Lipinski definition) is 7. The molecule has 31 heavy (non-hydrogen) atoms. The second-order valence-electron chi connectivity index (χ2n) is 7.69. The number of aryl methyl sites for hydroxylation is 1. The molecule has 0 bridgehead atoms. The number of nitrogens with zero attached hydrogens (tertiary/aromatic N) is 5. The molecule has 0 atom stereocenters. The van der Waals surface area contributed by atoms with Crippen LogP contribution in [0.3, 0.4) is 0 Å². The van der Waals surface area contributed by atoms with Crippen molar-refractivity contribution >= 4 is 5.69 Å². The molecule has 0 radical (unpaired) electrons. The summed E-state index contributed by atoms with van der Waals surface area (Å²) < 4.78 is 11.5. The molecular formula is C24H27N5O2. The van der Waals surface area contributed by atoms with Gasteiger partial charge in [-0.25, -0.2) is 0 Å². The lowest BCUT2D eigenvalue weighted by Crippen LogP contribution is -2.22. The predicted molar refractivity (Wildman–Crippen MR) is 121 cm³/mol. The van der Waals surface area contributed by atoms with Gasteiger partial charge in [-0.1, -0.05) is 54.5 Å². The number of hydrogen-bond donors (Lipinski definition) is 0. The van der Waals surface area contributed by atoms with E-state index in [1.807, 2.05) is 51.4 Å². The fourth-order valence-corrected chi connectivity index (χ4v) is 3.46. The summed E-state index contributed by atoms with van der Waals surface area (Å²) in [4.78, 5) is 4.36. The van der Waals surface area contributed by atoms with Gasteiger partial charge in [-0.3, -0.25) is 4.90 Å². The fraction of sp³-hybridized carbons (Fsp3) is 0.292. The summed E-state index contributed by atoms with van der Waals surface area (Å²) in [6, 6.07) is 18.4. The van der Waals surface area contributed by atoms with Gasteiger partial charge in [-0.05, 0) is 31.2 Å². The van der Waals surface area contributed by atoms with Crippen LogP contribution in [0.1, 0.15) is 24.1 Å². The van der Waals surface area contributed by atoms with E-state index in [1.165, 1.54) is 11.3 Å². The summed E-state index contributed by atoms with van der Waals surface area (Å²) in [5.41, 5.74) is 4.83. The minimum atomic E-state index is 0.430. The van der Waals surface area contributed by atoms with Crippen molar-refractivity contribution in [3.8, 4) is 22.7 Å². The van der Waals surface area contributed by atoms with Crippen molar-refractivity contribution < 1.29 is 8.94 Å². The third kappa shape index (κ3) is 4.67. The van der Waals surface area contributed by atoms with Crippen LogP contribution in [-0.4, -0.2) is 40.9 Å². The predicted octanol–water partition coefficient (Wildman–Crippen LogP) is 4.79. The van der Waals surface area contributed by atoms with E-state index >= 15 is 0 Å². The van der Waals surface area contributed by atoms with Crippen LogP contribution >= 0.6 is 0 Å². The lowest BCUT2D eigenvalue weighted by Gasteiger charge is -2.19. The third-order valence-electron chi connectivity index (χ3n) is 5.26. The molecule has 0 fully saturated rings. The Labute approximate surface area is 182 Å². The zero-order valence-corrected chi connectivity index (χ0v) is 18.4. The molecule has 0 unspecified atom stereocenters. The molecule has 160 valence electrons. The average Bonchev–Trinajstić information content (AvgIpc) is 3.40. The van der Waals surface area contributed by atoms with Crippen molar-refractivity contribution in [3.63, 3.8) is 0 Å². The molecule has 4 aromatic rings. The second-order valence-corrected chi connectivity index (χ2v) is 7.69. The van der Waals surface area contributed by atoms with Gasteiger partial charge in [0.15, 0.2) is 0 Å². The van der Waals surface area contributed by atoms with Crippen molar-refractivity contribution in [2.75, 3.05) is 25.5 Å². The maximum absolute atomic E-state index is 6.02. The largest absolute Gasteiger partial charge is 0.419 e. The average molecular weight is 418 g/mol. The maximum atomic E-state index is 6.02. The molecule has 0 aliphatic heterocycles. The van der Waals surface area contributed by atoms with Crippen LogP contribution in [0.5, 0.6) is 0 Å². The minimum absolute atomic E-state index is 0.430. The topological polar surface area (TPSA) is 71.4 Å². The lowest BCUT2D eigenvalue weighted by molar-refractivity contribution is 0.243. The highest BCUT2D eigenvalue weighted by molar-refractivity contribution is 5.77. The molecule has 7 nitrogen and oxygen atoms in total. The van der Waals surface area contributed by atoms with Crippen LogP contribution in [0.4, 0.5) is 5.69 Å². The highest BCUT2D eigenvalue weighted by Crippen LogP contribution is 2.33. The van der Waals surface area contributed by atoms with Crippen LogP contribution in [0.15, 0.2) is 63.5 Å². The standard InChI is InChI=1S/C24H27N5O2/c1-5-29(15-18-11-13-20(14-12-18)28(3)4)16-21-25-26-24(30-21)22-17(2)31-27-23(22)19-9-7-6-8-10-19/h6-14H,5,15-16H2,1-4H3. The molecule has 0 spiro atoms. The Hall–Kier alpha value is -3.45. The Kier molecular flexibility index (Phi) is 6.13. The number of rotatable bonds is 8. The van der Waals surface area contributed by atoms with Gasteiger partial charge < -0.3 is 13.8 Å². The summed E-state index contributed by atoms with van der Waals surface area (Å²) >= 11 is 0. The van der Waals surface area contributed by atoms with Crippen LogP contribution in [0, 0.1) is 6.92 Å². The SMILES string of the molecule is CCN(Cc1ccc(N(C)C)cc1)Cc1nnc(-c2c(-c3ccccc3)noc2C)o1. The van der Waals surface area contributed by atoms with E-state index in [9.17, 15) is 0 Å². The van der Waals surface area contributed by atoms with Gasteiger partial charge in [0.05, 0.1) is 6.54 Å². The Morgan fingerprint density at radius 1 is 0.903 bits per heavy atom. The molecule has 0 N–H and O–H groups in total. The first-order chi connectivity index (χ1) is 15.0. The first-order valence-corrected chi connectivity index (χ1v) is 10.4. The molecule has 2 aromatic carbocycles. The molecule has 2 aromatic heterocycles. The highest BCUT2D eigenvalue weighted by Gasteiger charge is 2.22. The summed E-state index contributed by atoms with van der Waals surface area (Å²) in [5.74, 6) is 1.66. The fourth-order valence-electron chi connectivity index (χ4n) is 3.46. The van der Waals surface area contributed by atoms with Crippen LogP contribution in [0.25, 0.3) is 22.7 Å². The molecule has 0 aliphatic rings. The van der Waals surface area contributed by atoms with Crippen LogP contribution < -0.4 is 4.90 Å². The van der Waals surface area contributed by atoms with Crippen molar-refractivity contribution in [1.82, 2.24) is 20.3 Å². The zero-order valence-electron chi connectivity index (χ0n) is 18.4.